The van der Waals surface area contributed by atoms with Crippen LogP contribution in [0.2, 0.25) is 10.0 Å². The zero-order valence-corrected chi connectivity index (χ0v) is 12.0. The van der Waals surface area contributed by atoms with Crippen molar-refractivity contribution >= 4 is 50.5 Å². The predicted molar refractivity (Wildman–Crippen MR) is 72.8 cm³/mol. The number of ether oxygens (including phenoxy) is 1. The fraction of sp³-hybridized carbons (Fsp3) is 0.0909. The summed E-state index contributed by atoms with van der Waals surface area (Å²) in [7, 11) is 0. The average Bonchev–Trinajstić information content (AvgIpc) is 2.59. The highest BCUT2D eigenvalue weighted by Gasteiger charge is 2.03. The smallest absolute Gasteiger partial charge is 0.124 e. The summed E-state index contributed by atoms with van der Waals surface area (Å²) in [6, 6.07) is 7.16. The molecule has 0 amide bonds. The van der Waals surface area contributed by atoms with Crippen molar-refractivity contribution < 1.29 is 4.74 Å². The minimum absolute atomic E-state index is 0.509. The van der Waals surface area contributed by atoms with Crippen LogP contribution in [0.1, 0.15) is 4.88 Å². The Balaban J connectivity index is 2.07. The maximum Gasteiger partial charge on any atom is 0.124 e. The van der Waals surface area contributed by atoms with E-state index in [4.69, 9.17) is 27.9 Å². The van der Waals surface area contributed by atoms with Gasteiger partial charge in [0.1, 0.15) is 12.4 Å². The summed E-state index contributed by atoms with van der Waals surface area (Å²) in [5, 5.41) is 3.16. The number of thiophene rings is 1. The number of halogens is 3. The molecule has 0 atom stereocenters. The molecule has 0 bridgehead atoms. The summed E-state index contributed by atoms with van der Waals surface area (Å²) < 4.78 is 6.67. The second-order valence-electron chi connectivity index (χ2n) is 3.09. The van der Waals surface area contributed by atoms with E-state index in [9.17, 15) is 0 Å². The summed E-state index contributed by atoms with van der Waals surface area (Å²) in [4.78, 5) is 1.14. The monoisotopic (exact) mass is 336 g/mol. The third-order valence-electron chi connectivity index (χ3n) is 1.90. The molecule has 0 saturated carbocycles. The lowest BCUT2D eigenvalue weighted by atomic mass is 10.3. The van der Waals surface area contributed by atoms with Crippen molar-refractivity contribution in [3.63, 3.8) is 0 Å². The van der Waals surface area contributed by atoms with Gasteiger partial charge in [0.25, 0.3) is 0 Å². The van der Waals surface area contributed by atoms with Crippen molar-refractivity contribution in [3.8, 4) is 5.75 Å². The van der Waals surface area contributed by atoms with Crippen LogP contribution in [0.3, 0.4) is 0 Å². The van der Waals surface area contributed by atoms with E-state index in [2.05, 4.69) is 15.9 Å². The van der Waals surface area contributed by atoms with Gasteiger partial charge in [-0.25, -0.2) is 0 Å². The van der Waals surface area contributed by atoms with Crippen LogP contribution >= 0.6 is 50.5 Å². The first-order chi connectivity index (χ1) is 7.65. The highest BCUT2D eigenvalue weighted by Crippen LogP contribution is 2.27. The maximum atomic E-state index is 5.87. The molecule has 0 aliphatic heterocycles. The molecule has 16 heavy (non-hydrogen) atoms. The van der Waals surface area contributed by atoms with Gasteiger partial charge in [-0.15, -0.1) is 11.3 Å². The summed E-state index contributed by atoms with van der Waals surface area (Å²) >= 11 is 16.8. The fourth-order valence-corrected chi connectivity index (χ4v) is 3.07. The second-order valence-corrected chi connectivity index (χ2v) is 5.81. The van der Waals surface area contributed by atoms with E-state index in [-0.39, 0.29) is 0 Å². The van der Waals surface area contributed by atoms with Gasteiger partial charge in [-0.05, 0) is 45.6 Å². The first-order valence-electron chi connectivity index (χ1n) is 4.46. The molecule has 2 aromatic rings. The molecule has 5 heteroatoms. The highest BCUT2D eigenvalue weighted by atomic mass is 79.9. The molecule has 0 aliphatic rings. The van der Waals surface area contributed by atoms with Crippen molar-refractivity contribution in [2.24, 2.45) is 0 Å². The van der Waals surface area contributed by atoms with Gasteiger partial charge in [-0.3, -0.25) is 0 Å². The number of rotatable bonds is 3. The standard InChI is InChI=1S/C11H7BrCl2OS/c12-10-1-2-16-11(10)6-15-9-4-7(13)3-8(14)5-9/h1-5H,6H2. The lowest BCUT2D eigenvalue weighted by molar-refractivity contribution is 0.309. The SMILES string of the molecule is Clc1cc(Cl)cc(OCc2sccc2Br)c1. The molecule has 0 unspecified atom stereocenters. The van der Waals surface area contributed by atoms with Gasteiger partial charge >= 0.3 is 0 Å². The zero-order valence-electron chi connectivity index (χ0n) is 8.04. The Labute approximate surface area is 116 Å². The van der Waals surface area contributed by atoms with Gasteiger partial charge in [0.05, 0.1) is 4.88 Å². The van der Waals surface area contributed by atoms with Gasteiger partial charge in [-0.1, -0.05) is 23.2 Å². The van der Waals surface area contributed by atoms with Gasteiger partial charge in [0.15, 0.2) is 0 Å². The largest absolute Gasteiger partial charge is 0.488 e. The van der Waals surface area contributed by atoms with Crippen LogP contribution in [0.5, 0.6) is 5.75 Å². The van der Waals surface area contributed by atoms with Crippen molar-refractivity contribution in [1.82, 2.24) is 0 Å². The Morgan fingerprint density at radius 1 is 1.19 bits per heavy atom. The Morgan fingerprint density at radius 2 is 1.88 bits per heavy atom. The summed E-state index contributed by atoms with van der Waals surface area (Å²) in [5.41, 5.74) is 0. The van der Waals surface area contributed by atoms with Crippen LogP contribution in [0.25, 0.3) is 0 Å². The molecule has 2 rings (SSSR count). The second kappa shape index (κ2) is 5.41. The molecule has 0 saturated heterocycles. The quantitative estimate of drug-likeness (QED) is 0.728. The summed E-state index contributed by atoms with van der Waals surface area (Å²) in [6.07, 6.45) is 0. The van der Waals surface area contributed by atoms with Gasteiger partial charge in [0.2, 0.25) is 0 Å². The molecule has 0 fully saturated rings. The normalized spacial score (nSPS) is 10.4. The maximum absolute atomic E-state index is 5.87. The summed E-state index contributed by atoms with van der Waals surface area (Å²) in [6.45, 7) is 0.509. The molecule has 1 aromatic carbocycles. The van der Waals surface area contributed by atoms with Gasteiger partial charge in [0, 0.05) is 14.5 Å². The van der Waals surface area contributed by atoms with E-state index in [0.717, 1.165) is 9.35 Å². The lowest BCUT2D eigenvalue weighted by Gasteiger charge is -2.06. The molecule has 1 heterocycles. The molecule has 0 N–H and O–H groups in total. The molecule has 84 valence electrons. The third kappa shape index (κ3) is 3.14. The Bertz CT molecular complexity index is 478. The molecule has 1 aromatic heterocycles. The van der Waals surface area contributed by atoms with Crippen LogP contribution in [0.15, 0.2) is 34.1 Å². The third-order valence-corrected chi connectivity index (χ3v) is 4.23. The topological polar surface area (TPSA) is 9.23 Å². The lowest BCUT2D eigenvalue weighted by Crippen LogP contribution is -1.93. The van der Waals surface area contributed by atoms with Crippen LogP contribution in [-0.2, 0) is 6.61 Å². The van der Waals surface area contributed by atoms with E-state index < -0.39 is 0 Å². The van der Waals surface area contributed by atoms with E-state index in [1.54, 1.807) is 29.5 Å². The Kier molecular flexibility index (Phi) is 4.14. The van der Waals surface area contributed by atoms with Crippen molar-refractivity contribution in [1.29, 1.82) is 0 Å². The summed E-state index contributed by atoms with van der Waals surface area (Å²) in [5.74, 6) is 0.679. The number of benzene rings is 1. The number of hydrogen-bond acceptors (Lipinski definition) is 2. The zero-order chi connectivity index (χ0) is 11.5. The Morgan fingerprint density at radius 3 is 2.44 bits per heavy atom. The van der Waals surface area contributed by atoms with Crippen LogP contribution in [0, 0.1) is 0 Å². The van der Waals surface area contributed by atoms with E-state index >= 15 is 0 Å². The van der Waals surface area contributed by atoms with Gasteiger partial charge in [-0.2, -0.15) is 0 Å². The molecule has 0 radical (unpaired) electrons. The van der Waals surface area contributed by atoms with Crippen LogP contribution in [-0.4, -0.2) is 0 Å². The molecular formula is C11H7BrCl2OS. The van der Waals surface area contributed by atoms with E-state index in [0.29, 0.717) is 22.4 Å². The first kappa shape index (κ1) is 12.2. The minimum Gasteiger partial charge on any atom is -0.488 e. The molecular weight excluding hydrogens is 331 g/mol. The van der Waals surface area contributed by atoms with Crippen molar-refractivity contribution in [3.05, 3.63) is 49.0 Å². The predicted octanol–water partition coefficient (Wildman–Crippen LogP) is 5.40. The van der Waals surface area contributed by atoms with E-state index in [1.807, 2.05) is 11.4 Å². The molecule has 0 spiro atoms. The van der Waals surface area contributed by atoms with Crippen LogP contribution in [0.4, 0.5) is 0 Å². The van der Waals surface area contributed by atoms with Crippen molar-refractivity contribution in [2.75, 3.05) is 0 Å². The highest BCUT2D eigenvalue weighted by molar-refractivity contribution is 9.10. The van der Waals surface area contributed by atoms with E-state index in [1.165, 1.54) is 0 Å². The average molecular weight is 338 g/mol. The van der Waals surface area contributed by atoms with Crippen molar-refractivity contribution in [2.45, 2.75) is 6.61 Å². The first-order valence-corrected chi connectivity index (χ1v) is 6.89. The van der Waals surface area contributed by atoms with Crippen LogP contribution < -0.4 is 4.74 Å². The minimum atomic E-state index is 0.509. The molecule has 0 aliphatic carbocycles. The van der Waals surface area contributed by atoms with Gasteiger partial charge < -0.3 is 4.74 Å². The molecule has 1 nitrogen and oxygen atoms in total. The fourth-order valence-electron chi connectivity index (χ4n) is 1.19. The Hall–Kier alpha value is -0.220. The number of hydrogen-bond donors (Lipinski definition) is 0.